The van der Waals surface area contributed by atoms with E-state index in [-0.39, 0.29) is 5.91 Å². The molecule has 0 unspecified atom stereocenters. The van der Waals surface area contributed by atoms with Gasteiger partial charge >= 0.3 is 0 Å². The van der Waals surface area contributed by atoms with Crippen LogP contribution >= 0.6 is 0 Å². The number of nitrogens with one attached hydrogen (secondary N) is 2. The fraction of sp³-hybridized carbons (Fsp3) is 0.100. The van der Waals surface area contributed by atoms with Gasteiger partial charge in [-0.1, -0.05) is 24.3 Å². The van der Waals surface area contributed by atoms with Crippen molar-refractivity contribution in [2.75, 3.05) is 17.7 Å². The maximum absolute atomic E-state index is 11.2. The molecule has 5 heteroatoms. The molecular formula is C20H19N3O2. The van der Waals surface area contributed by atoms with Crippen LogP contribution in [0.2, 0.25) is 0 Å². The Labute approximate surface area is 146 Å². The van der Waals surface area contributed by atoms with E-state index in [2.05, 4.69) is 15.6 Å². The summed E-state index contributed by atoms with van der Waals surface area (Å²) in [5.41, 5.74) is 4.41. The van der Waals surface area contributed by atoms with Crippen LogP contribution in [0.4, 0.5) is 17.1 Å². The molecule has 0 saturated carbocycles. The van der Waals surface area contributed by atoms with Gasteiger partial charge in [0.2, 0.25) is 5.91 Å². The summed E-state index contributed by atoms with van der Waals surface area (Å²) < 4.78 is 5.36. The molecule has 1 heterocycles. The molecule has 0 saturated heterocycles. The van der Waals surface area contributed by atoms with Gasteiger partial charge in [-0.3, -0.25) is 9.78 Å². The van der Waals surface area contributed by atoms with Crippen LogP contribution in [0, 0.1) is 0 Å². The summed E-state index contributed by atoms with van der Waals surface area (Å²) in [5, 5.41) is 6.12. The highest BCUT2D eigenvalue weighted by molar-refractivity contribution is 5.89. The lowest BCUT2D eigenvalue weighted by Crippen LogP contribution is -2.05. The molecular weight excluding hydrogens is 314 g/mol. The van der Waals surface area contributed by atoms with Crippen molar-refractivity contribution in [1.29, 1.82) is 0 Å². The quantitative estimate of drug-likeness (QED) is 0.723. The summed E-state index contributed by atoms with van der Waals surface area (Å²) in [6.07, 6.45) is 3.55. The Morgan fingerprint density at radius 1 is 0.960 bits per heavy atom. The van der Waals surface area contributed by atoms with Gasteiger partial charge in [0.05, 0.1) is 24.7 Å². The monoisotopic (exact) mass is 333 g/mol. The number of nitrogens with zero attached hydrogens (tertiary/aromatic N) is 1. The molecule has 5 nitrogen and oxygen atoms in total. The maximum Gasteiger partial charge on any atom is 0.221 e. The van der Waals surface area contributed by atoms with Crippen molar-refractivity contribution in [1.82, 2.24) is 4.98 Å². The molecule has 0 aliphatic carbocycles. The average molecular weight is 333 g/mol. The standard InChI is InChI=1S/C20H19N3O2/c1-14(24)22-17-7-5-6-15(10-17)16-11-18(13-21-12-16)23-19-8-3-4-9-20(19)25-2/h3-13,23H,1-2H3,(H,22,24). The highest BCUT2D eigenvalue weighted by Gasteiger charge is 2.05. The Hall–Kier alpha value is -3.34. The highest BCUT2D eigenvalue weighted by atomic mass is 16.5. The number of pyridine rings is 1. The largest absolute Gasteiger partial charge is 0.495 e. The van der Waals surface area contributed by atoms with Crippen molar-refractivity contribution in [2.45, 2.75) is 6.92 Å². The second-order valence-corrected chi connectivity index (χ2v) is 5.55. The number of methoxy groups -OCH3 is 1. The minimum Gasteiger partial charge on any atom is -0.495 e. The van der Waals surface area contributed by atoms with Gasteiger partial charge in [-0.05, 0) is 35.9 Å². The van der Waals surface area contributed by atoms with Crippen LogP contribution in [0.15, 0.2) is 67.0 Å². The number of ether oxygens (including phenoxy) is 1. The summed E-state index contributed by atoms with van der Waals surface area (Å²) in [4.78, 5) is 15.5. The normalized spacial score (nSPS) is 10.2. The summed E-state index contributed by atoms with van der Waals surface area (Å²) in [5.74, 6) is 0.669. The van der Waals surface area contributed by atoms with Gasteiger partial charge in [0.1, 0.15) is 5.75 Å². The molecule has 1 amide bonds. The van der Waals surface area contributed by atoms with Crippen molar-refractivity contribution >= 4 is 23.0 Å². The topological polar surface area (TPSA) is 63.2 Å². The average Bonchev–Trinajstić information content (AvgIpc) is 2.62. The van der Waals surface area contributed by atoms with Crippen molar-refractivity contribution in [3.05, 3.63) is 67.0 Å². The van der Waals surface area contributed by atoms with Gasteiger partial charge in [-0.15, -0.1) is 0 Å². The maximum atomic E-state index is 11.2. The number of rotatable bonds is 5. The number of aromatic nitrogens is 1. The van der Waals surface area contributed by atoms with E-state index in [0.29, 0.717) is 0 Å². The SMILES string of the molecule is COc1ccccc1Nc1cncc(-c2cccc(NC(C)=O)c2)c1. The number of benzene rings is 2. The van der Waals surface area contributed by atoms with Gasteiger partial charge in [-0.25, -0.2) is 0 Å². The number of carbonyl (C=O) groups is 1. The molecule has 0 atom stereocenters. The summed E-state index contributed by atoms with van der Waals surface area (Å²) in [6, 6.07) is 17.4. The number of carbonyl (C=O) groups excluding carboxylic acids is 1. The van der Waals surface area contributed by atoms with Gasteiger partial charge in [0, 0.05) is 24.4 Å². The van der Waals surface area contributed by atoms with Crippen LogP contribution in [-0.2, 0) is 4.79 Å². The van der Waals surface area contributed by atoms with Crippen LogP contribution in [0.5, 0.6) is 5.75 Å². The van der Waals surface area contributed by atoms with Crippen molar-refractivity contribution in [3.8, 4) is 16.9 Å². The Balaban J connectivity index is 1.88. The lowest BCUT2D eigenvalue weighted by atomic mass is 10.1. The molecule has 0 spiro atoms. The van der Waals surface area contributed by atoms with E-state index >= 15 is 0 Å². The van der Waals surface area contributed by atoms with Gasteiger partial charge < -0.3 is 15.4 Å². The lowest BCUT2D eigenvalue weighted by molar-refractivity contribution is -0.114. The third-order valence-electron chi connectivity index (χ3n) is 3.64. The zero-order valence-electron chi connectivity index (χ0n) is 14.1. The molecule has 0 radical (unpaired) electrons. The van der Waals surface area contributed by atoms with Crippen molar-refractivity contribution < 1.29 is 9.53 Å². The Morgan fingerprint density at radius 3 is 2.56 bits per heavy atom. The summed E-state index contributed by atoms with van der Waals surface area (Å²) in [6.45, 7) is 1.49. The van der Waals surface area contributed by atoms with E-state index in [1.165, 1.54) is 6.92 Å². The van der Waals surface area contributed by atoms with E-state index in [0.717, 1.165) is 33.9 Å². The smallest absolute Gasteiger partial charge is 0.221 e. The first-order valence-corrected chi connectivity index (χ1v) is 7.89. The summed E-state index contributed by atoms with van der Waals surface area (Å²) >= 11 is 0. The third-order valence-corrected chi connectivity index (χ3v) is 3.64. The van der Waals surface area contributed by atoms with Gasteiger partial charge in [0.15, 0.2) is 0 Å². The van der Waals surface area contributed by atoms with Crippen LogP contribution in [0.25, 0.3) is 11.1 Å². The van der Waals surface area contributed by atoms with E-state index in [1.807, 2.05) is 54.6 Å². The van der Waals surface area contributed by atoms with Crippen molar-refractivity contribution in [3.63, 3.8) is 0 Å². The van der Waals surface area contributed by atoms with E-state index < -0.39 is 0 Å². The Bertz CT molecular complexity index is 893. The molecule has 0 bridgehead atoms. The number of hydrogen-bond donors (Lipinski definition) is 2. The molecule has 126 valence electrons. The third kappa shape index (κ3) is 4.14. The van der Waals surface area contributed by atoms with Crippen LogP contribution < -0.4 is 15.4 Å². The number of anilines is 3. The molecule has 1 aromatic heterocycles. The lowest BCUT2D eigenvalue weighted by Gasteiger charge is -2.12. The minimum absolute atomic E-state index is 0.0955. The number of para-hydroxylation sites is 2. The first-order valence-electron chi connectivity index (χ1n) is 7.89. The molecule has 0 aliphatic heterocycles. The Kier molecular flexibility index (Phi) is 4.95. The van der Waals surface area contributed by atoms with E-state index in [9.17, 15) is 4.79 Å². The van der Waals surface area contributed by atoms with Crippen molar-refractivity contribution in [2.24, 2.45) is 0 Å². The predicted molar refractivity (Wildman–Crippen MR) is 100 cm³/mol. The molecule has 0 aliphatic rings. The first-order chi connectivity index (χ1) is 12.2. The van der Waals surface area contributed by atoms with Crippen LogP contribution in [0.1, 0.15) is 6.92 Å². The zero-order valence-corrected chi connectivity index (χ0v) is 14.1. The molecule has 2 N–H and O–H groups in total. The Morgan fingerprint density at radius 2 is 1.76 bits per heavy atom. The molecule has 25 heavy (non-hydrogen) atoms. The number of hydrogen-bond acceptors (Lipinski definition) is 4. The zero-order chi connectivity index (χ0) is 17.6. The predicted octanol–water partition coefficient (Wildman–Crippen LogP) is 4.46. The summed E-state index contributed by atoms with van der Waals surface area (Å²) in [7, 11) is 1.64. The molecule has 2 aromatic carbocycles. The number of amides is 1. The van der Waals surface area contributed by atoms with Crippen LogP contribution in [0.3, 0.4) is 0 Å². The molecule has 0 fully saturated rings. The fourth-order valence-corrected chi connectivity index (χ4v) is 2.55. The second-order valence-electron chi connectivity index (χ2n) is 5.55. The van der Waals surface area contributed by atoms with Crippen LogP contribution in [-0.4, -0.2) is 18.0 Å². The van der Waals surface area contributed by atoms with Gasteiger partial charge in [0.25, 0.3) is 0 Å². The second kappa shape index (κ2) is 7.49. The highest BCUT2D eigenvalue weighted by Crippen LogP contribution is 2.29. The molecule has 3 aromatic rings. The minimum atomic E-state index is -0.0955. The van der Waals surface area contributed by atoms with E-state index in [4.69, 9.17) is 4.74 Å². The van der Waals surface area contributed by atoms with E-state index in [1.54, 1.807) is 19.5 Å². The fourth-order valence-electron chi connectivity index (χ4n) is 2.55. The first kappa shape index (κ1) is 16.5. The van der Waals surface area contributed by atoms with Gasteiger partial charge in [-0.2, -0.15) is 0 Å². The molecule has 3 rings (SSSR count).